The van der Waals surface area contributed by atoms with Crippen molar-refractivity contribution in [3.05, 3.63) is 46.8 Å². The molecule has 35 heavy (non-hydrogen) atoms. The van der Waals surface area contributed by atoms with Crippen molar-refractivity contribution in [2.24, 2.45) is 11.8 Å². The molecule has 1 aromatic carbocycles. The van der Waals surface area contributed by atoms with Crippen LogP contribution in [0.15, 0.2) is 22.7 Å². The monoisotopic (exact) mass is 491 g/mol. The topological polar surface area (TPSA) is 84.9 Å². The molecule has 8 nitrogen and oxygen atoms in total. The quantitative estimate of drug-likeness (QED) is 0.542. The molecule has 1 saturated heterocycles. The molecular formula is C23H25F4N7O. The Morgan fingerprint density at radius 2 is 1.86 bits per heavy atom. The van der Waals surface area contributed by atoms with Crippen LogP contribution in [0.2, 0.25) is 0 Å². The van der Waals surface area contributed by atoms with Crippen LogP contribution in [0, 0.1) is 24.6 Å². The number of hydrogen-bond acceptors (Lipinski definition) is 7. The number of aromatic nitrogens is 5. The predicted octanol–water partition coefficient (Wildman–Crippen LogP) is 4.38. The summed E-state index contributed by atoms with van der Waals surface area (Å²) in [7, 11) is 0. The number of nitrogens with zero attached hydrogens (tertiary/aromatic N) is 6. The third kappa shape index (κ3) is 4.02. The Bertz CT molecular complexity index is 1220. The summed E-state index contributed by atoms with van der Waals surface area (Å²) in [5, 5.41) is 12.0. The molecule has 0 radical (unpaired) electrons. The van der Waals surface area contributed by atoms with E-state index in [4.69, 9.17) is 4.52 Å². The van der Waals surface area contributed by atoms with Crippen molar-refractivity contribution in [2.75, 3.05) is 23.3 Å². The van der Waals surface area contributed by atoms with Gasteiger partial charge in [-0.1, -0.05) is 11.2 Å². The fraction of sp³-hybridized carbons (Fsp3) is 0.565. The molecule has 186 valence electrons. The zero-order valence-electron chi connectivity index (χ0n) is 19.1. The van der Waals surface area contributed by atoms with Gasteiger partial charge in [0.05, 0.1) is 5.56 Å². The van der Waals surface area contributed by atoms with Crippen molar-refractivity contribution in [3.63, 3.8) is 0 Å². The van der Waals surface area contributed by atoms with Crippen molar-refractivity contribution < 1.29 is 22.1 Å². The van der Waals surface area contributed by atoms with Gasteiger partial charge in [-0.05, 0) is 62.1 Å². The summed E-state index contributed by atoms with van der Waals surface area (Å²) in [5.74, 6) is 1.12. The lowest BCUT2D eigenvalue weighted by Crippen LogP contribution is -2.48. The molecule has 1 saturated carbocycles. The van der Waals surface area contributed by atoms with Gasteiger partial charge in [-0.2, -0.15) is 23.1 Å². The van der Waals surface area contributed by atoms with Crippen molar-refractivity contribution >= 4 is 12.0 Å². The van der Waals surface area contributed by atoms with E-state index in [1.807, 2.05) is 0 Å². The Morgan fingerprint density at radius 1 is 1.09 bits per heavy atom. The number of aryl methyl sites for hydroxylation is 2. The van der Waals surface area contributed by atoms with E-state index in [1.54, 1.807) is 11.6 Å². The molecule has 1 N–H and O–H groups in total. The lowest BCUT2D eigenvalue weighted by Gasteiger charge is -2.37. The second-order valence-electron chi connectivity index (χ2n) is 9.74. The SMILES string of the molecule is Cc1noc(N2C[C@H]3CC[C@@H](C2)C3Nc2nc3n(n2)CCCC3c2ccc(C(F)(F)F)cc2F)n1. The zero-order chi connectivity index (χ0) is 24.3. The summed E-state index contributed by atoms with van der Waals surface area (Å²) >= 11 is 0. The van der Waals surface area contributed by atoms with Gasteiger partial charge in [-0.3, -0.25) is 0 Å². The van der Waals surface area contributed by atoms with Crippen LogP contribution in [0.3, 0.4) is 0 Å². The van der Waals surface area contributed by atoms with E-state index in [0.717, 1.165) is 38.4 Å². The van der Waals surface area contributed by atoms with Crippen LogP contribution < -0.4 is 10.2 Å². The summed E-state index contributed by atoms with van der Waals surface area (Å²) in [6.07, 6.45) is -1.10. The fourth-order valence-corrected chi connectivity index (χ4v) is 5.87. The minimum atomic E-state index is -4.58. The van der Waals surface area contributed by atoms with Crippen LogP contribution in [-0.4, -0.2) is 44.0 Å². The first kappa shape index (κ1) is 22.3. The Morgan fingerprint density at radius 3 is 2.51 bits per heavy atom. The largest absolute Gasteiger partial charge is 0.416 e. The fourth-order valence-electron chi connectivity index (χ4n) is 5.87. The molecule has 4 atom stereocenters. The van der Waals surface area contributed by atoms with E-state index in [0.29, 0.717) is 54.5 Å². The lowest BCUT2D eigenvalue weighted by atomic mass is 9.90. The number of halogens is 4. The number of alkyl halides is 3. The van der Waals surface area contributed by atoms with Crippen LogP contribution >= 0.6 is 0 Å². The van der Waals surface area contributed by atoms with E-state index in [9.17, 15) is 17.6 Å². The van der Waals surface area contributed by atoms with Gasteiger partial charge in [-0.15, -0.1) is 5.10 Å². The molecule has 2 bridgehead atoms. The molecular weight excluding hydrogens is 466 g/mol. The highest BCUT2D eigenvalue weighted by molar-refractivity contribution is 5.37. The number of anilines is 2. The van der Waals surface area contributed by atoms with Crippen molar-refractivity contribution in [3.8, 4) is 0 Å². The maximum atomic E-state index is 14.7. The Balaban J connectivity index is 1.21. The number of nitrogens with one attached hydrogen (secondary N) is 1. The number of piperidine rings is 1. The van der Waals surface area contributed by atoms with Gasteiger partial charge in [0.1, 0.15) is 11.6 Å². The number of rotatable bonds is 4. The first-order valence-electron chi connectivity index (χ1n) is 11.9. The van der Waals surface area contributed by atoms with E-state index >= 15 is 0 Å². The number of benzene rings is 1. The van der Waals surface area contributed by atoms with Crippen molar-refractivity contribution in [1.29, 1.82) is 0 Å². The van der Waals surface area contributed by atoms with Gasteiger partial charge in [-0.25, -0.2) is 9.07 Å². The second kappa shape index (κ2) is 8.20. The predicted molar refractivity (Wildman–Crippen MR) is 117 cm³/mol. The van der Waals surface area contributed by atoms with Crippen LogP contribution in [-0.2, 0) is 12.7 Å². The highest BCUT2D eigenvalue weighted by Gasteiger charge is 2.44. The van der Waals surface area contributed by atoms with Crippen LogP contribution in [0.5, 0.6) is 0 Å². The van der Waals surface area contributed by atoms with Gasteiger partial charge in [0.2, 0.25) is 5.95 Å². The van der Waals surface area contributed by atoms with Crippen LogP contribution in [0.25, 0.3) is 0 Å². The molecule has 4 heterocycles. The summed E-state index contributed by atoms with van der Waals surface area (Å²) in [4.78, 5) is 11.2. The van der Waals surface area contributed by atoms with E-state index in [-0.39, 0.29) is 11.6 Å². The standard InChI is InChI=1S/C23H25F4N7O/c1-12-28-22(35-32-12)33-10-13-4-5-14(11-33)19(13)29-21-30-20-17(3-2-8-34(20)31-21)16-7-6-15(9-18(16)24)23(25,26)27/h6-7,9,13-14,17,19H,2-5,8,10-11H2,1H3,(H,29,31)/t13-,14+,17?,19?. The van der Waals surface area contributed by atoms with Gasteiger partial charge in [0, 0.05) is 31.6 Å². The highest BCUT2D eigenvalue weighted by atomic mass is 19.4. The molecule has 6 rings (SSSR count). The molecule has 2 aliphatic heterocycles. The minimum Gasteiger partial charge on any atom is -0.350 e. The molecule has 0 amide bonds. The molecule has 2 unspecified atom stereocenters. The van der Waals surface area contributed by atoms with Gasteiger partial charge in [0.25, 0.3) is 0 Å². The molecule has 3 aromatic rings. The molecule has 3 aliphatic rings. The molecule has 0 spiro atoms. The normalized spacial score (nSPS) is 26.1. The minimum absolute atomic E-state index is 0.195. The first-order chi connectivity index (χ1) is 16.8. The second-order valence-corrected chi connectivity index (χ2v) is 9.74. The van der Waals surface area contributed by atoms with Gasteiger partial charge < -0.3 is 14.7 Å². The Hall–Kier alpha value is -3.18. The first-order valence-corrected chi connectivity index (χ1v) is 11.9. The average Bonchev–Trinajstić information content (AvgIpc) is 3.48. The van der Waals surface area contributed by atoms with E-state index < -0.39 is 23.5 Å². The smallest absolute Gasteiger partial charge is 0.350 e. The Labute approximate surface area is 198 Å². The van der Waals surface area contributed by atoms with Crippen LogP contribution in [0.1, 0.15) is 54.4 Å². The molecule has 2 aromatic heterocycles. The van der Waals surface area contributed by atoms with E-state index in [1.165, 1.54) is 6.07 Å². The zero-order valence-corrected chi connectivity index (χ0v) is 19.1. The third-order valence-electron chi connectivity index (χ3n) is 7.49. The third-order valence-corrected chi connectivity index (χ3v) is 7.49. The highest BCUT2D eigenvalue weighted by Crippen LogP contribution is 2.41. The van der Waals surface area contributed by atoms with Gasteiger partial charge >= 0.3 is 12.2 Å². The van der Waals surface area contributed by atoms with E-state index in [2.05, 4.69) is 30.4 Å². The maximum absolute atomic E-state index is 14.7. The van der Waals surface area contributed by atoms with Crippen LogP contribution in [0.4, 0.5) is 29.5 Å². The average molecular weight is 491 g/mol. The Kier molecular flexibility index (Phi) is 5.22. The van der Waals surface area contributed by atoms with Crippen molar-refractivity contribution in [2.45, 2.75) is 57.3 Å². The van der Waals surface area contributed by atoms with Gasteiger partial charge in [0.15, 0.2) is 5.82 Å². The molecule has 2 fully saturated rings. The summed E-state index contributed by atoms with van der Waals surface area (Å²) in [6, 6.07) is 3.48. The molecule has 1 aliphatic carbocycles. The summed E-state index contributed by atoms with van der Waals surface area (Å²) < 4.78 is 60.8. The van der Waals surface area contributed by atoms with Crippen molar-refractivity contribution in [1.82, 2.24) is 24.9 Å². The molecule has 12 heteroatoms. The maximum Gasteiger partial charge on any atom is 0.416 e. The summed E-state index contributed by atoms with van der Waals surface area (Å²) in [6.45, 7) is 4.03. The number of hydrogen-bond donors (Lipinski definition) is 1. The lowest BCUT2D eigenvalue weighted by molar-refractivity contribution is -0.137. The number of fused-ring (bicyclic) bond motifs is 3. The summed E-state index contributed by atoms with van der Waals surface area (Å²) in [5.41, 5.74) is -0.767.